The predicted molar refractivity (Wildman–Crippen MR) is 81.3 cm³/mol. The summed E-state index contributed by atoms with van der Waals surface area (Å²) in [7, 11) is 0. The molecule has 3 N–H and O–H groups in total. The number of rotatable bonds is 7. The molecule has 0 spiro atoms. The molecule has 1 aromatic carbocycles. The summed E-state index contributed by atoms with van der Waals surface area (Å²) in [5.41, 5.74) is 6.95. The number of ether oxygens (including phenoxy) is 1. The summed E-state index contributed by atoms with van der Waals surface area (Å²) in [6.45, 7) is 4.53. The van der Waals surface area contributed by atoms with Crippen molar-refractivity contribution in [2.24, 2.45) is 5.73 Å². The highest BCUT2D eigenvalue weighted by Crippen LogP contribution is 2.15. The van der Waals surface area contributed by atoms with Crippen LogP contribution in [0.3, 0.4) is 0 Å². The number of benzene rings is 1. The molecule has 0 unspecified atom stereocenters. The Bertz CT molecular complexity index is 447. The number of nitrogens with two attached hydrogens (primary N) is 1. The number of hydrogen-bond donors (Lipinski definition) is 2. The van der Waals surface area contributed by atoms with Crippen LogP contribution in [0.1, 0.15) is 32.3 Å². The van der Waals surface area contributed by atoms with E-state index >= 15 is 0 Å². The lowest BCUT2D eigenvalue weighted by Crippen LogP contribution is -2.17. The Morgan fingerprint density at radius 3 is 2.74 bits per heavy atom. The number of hydrogen-bond acceptors (Lipinski definition) is 3. The number of thiocarbonyl (C=S) groups is 1. The van der Waals surface area contributed by atoms with Crippen LogP contribution in [0.15, 0.2) is 24.3 Å². The van der Waals surface area contributed by atoms with Gasteiger partial charge in [-0.25, -0.2) is 0 Å². The Balaban J connectivity index is 2.46. The maximum atomic E-state index is 11.8. The van der Waals surface area contributed by atoms with Gasteiger partial charge in [-0.3, -0.25) is 4.79 Å². The van der Waals surface area contributed by atoms with Gasteiger partial charge in [0.2, 0.25) is 5.91 Å². The fourth-order valence-electron chi connectivity index (χ4n) is 1.57. The van der Waals surface area contributed by atoms with E-state index in [4.69, 9.17) is 22.7 Å². The Morgan fingerprint density at radius 2 is 2.11 bits per heavy atom. The lowest BCUT2D eigenvalue weighted by atomic mass is 10.1. The summed E-state index contributed by atoms with van der Waals surface area (Å²) in [5.74, 6) is -0.0592. The predicted octanol–water partition coefficient (Wildman–Crippen LogP) is 2.46. The molecule has 0 atom stereocenters. The highest BCUT2D eigenvalue weighted by Gasteiger charge is 2.08. The first-order valence-electron chi connectivity index (χ1n) is 6.31. The molecule has 19 heavy (non-hydrogen) atoms. The van der Waals surface area contributed by atoms with Gasteiger partial charge in [0, 0.05) is 18.6 Å². The number of amides is 1. The average Bonchev–Trinajstić information content (AvgIpc) is 2.35. The maximum absolute atomic E-state index is 11.8. The number of anilines is 1. The molecule has 4 nitrogen and oxygen atoms in total. The van der Waals surface area contributed by atoms with Crippen LogP contribution in [-0.4, -0.2) is 23.6 Å². The fourth-order valence-corrected chi connectivity index (χ4v) is 1.75. The molecule has 0 saturated heterocycles. The van der Waals surface area contributed by atoms with Gasteiger partial charge in [-0.15, -0.1) is 0 Å². The summed E-state index contributed by atoms with van der Waals surface area (Å²) in [6, 6.07) is 7.25. The summed E-state index contributed by atoms with van der Waals surface area (Å²) < 4.78 is 5.38. The molecule has 1 rings (SSSR count). The zero-order chi connectivity index (χ0) is 14.3. The second-order valence-electron chi connectivity index (χ2n) is 4.48. The van der Waals surface area contributed by atoms with E-state index in [0.29, 0.717) is 30.7 Å². The minimum Gasteiger partial charge on any atom is -0.389 e. The summed E-state index contributed by atoms with van der Waals surface area (Å²) in [5, 5.41) is 2.82. The Morgan fingerprint density at radius 1 is 1.42 bits per heavy atom. The summed E-state index contributed by atoms with van der Waals surface area (Å²) >= 11 is 4.94. The van der Waals surface area contributed by atoms with Gasteiger partial charge in [-0.2, -0.15) is 0 Å². The third-order valence-electron chi connectivity index (χ3n) is 2.47. The van der Waals surface area contributed by atoms with Gasteiger partial charge in [0.25, 0.3) is 0 Å². The van der Waals surface area contributed by atoms with Gasteiger partial charge in [0.15, 0.2) is 0 Å². The Kier molecular flexibility index (Phi) is 6.45. The largest absolute Gasteiger partial charge is 0.389 e. The molecule has 1 amide bonds. The van der Waals surface area contributed by atoms with Crippen LogP contribution in [0.25, 0.3) is 0 Å². The van der Waals surface area contributed by atoms with E-state index in [9.17, 15) is 4.79 Å². The van der Waals surface area contributed by atoms with E-state index in [0.717, 1.165) is 0 Å². The lowest BCUT2D eigenvalue weighted by molar-refractivity contribution is -0.116. The molecule has 0 saturated carbocycles. The van der Waals surface area contributed by atoms with E-state index in [-0.39, 0.29) is 17.0 Å². The van der Waals surface area contributed by atoms with Crippen molar-refractivity contribution in [2.45, 2.75) is 32.8 Å². The van der Waals surface area contributed by atoms with Crippen molar-refractivity contribution in [3.05, 3.63) is 29.8 Å². The molecule has 0 aliphatic heterocycles. The first-order chi connectivity index (χ1) is 9.00. The van der Waals surface area contributed by atoms with Gasteiger partial charge in [0.05, 0.1) is 11.8 Å². The van der Waals surface area contributed by atoms with Crippen molar-refractivity contribution in [3.8, 4) is 0 Å². The topological polar surface area (TPSA) is 64.3 Å². The molecule has 104 valence electrons. The monoisotopic (exact) mass is 280 g/mol. The van der Waals surface area contributed by atoms with Crippen LogP contribution in [0.4, 0.5) is 5.69 Å². The number of carbonyl (C=O) groups excluding carboxylic acids is 1. The molecule has 0 aromatic heterocycles. The van der Waals surface area contributed by atoms with E-state index < -0.39 is 0 Å². The molecule has 0 radical (unpaired) electrons. The SMILES string of the molecule is CC(C)OCCCC(=O)Nc1ccccc1C(N)=S. The normalized spacial score (nSPS) is 10.5. The minimum atomic E-state index is -0.0592. The van der Waals surface area contributed by atoms with Crippen LogP contribution >= 0.6 is 12.2 Å². The van der Waals surface area contributed by atoms with Crippen LogP contribution < -0.4 is 11.1 Å². The highest BCUT2D eigenvalue weighted by molar-refractivity contribution is 7.80. The first-order valence-corrected chi connectivity index (χ1v) is 6.72. The van der Waals surface area contributed by atoms with Crippen molar-refractivity contribution in [1.82, 2.24) is 0 Å². The Hall–Kier alpha value is -1.46. The van der Waals surface area contributed by atoms with Crippen LogP contribution in [0, 0.1) is 0 Å². The quantitative estimate of drug-likeness (QED) is 0.595. The number of para-hydroxylation sites is 1. The zero-order valence-electron chi connectivity index (χ0n) is 11.3. The highest BCUT2D eigenvalue weighted by atomic mass is 32.1. The maximum Gasteiger partial charge on any atom is 0.224 e. The molecule has 0 aliphatic carbocycles. The van der Waals surface area contributed by atoms with Crippen molar-refractivity contribution in [2.75, 3.05) is 11.9 Å². The third kappa shape index (κ3) is 5.81. The minimum absolute atomic E-state index is 0.0592. The van der Waals surface area contributed by atoms with E-state index in [1.807, 2.05) is 26.0 Å². The van der Waals surface area contributed by atoms with Crippen molar-refractivity contribution < 1.29 is 9.53 Å². The second-order valence-corrected chi connectivity index (χ2v) is 4.92. The van der Waals surface area contributed by atoms with Crippen LogP contribution in [0.2, 0.25) is 0 Å². The lowest BCUT2D eigenvalue weighted by Gasteiger charge is -2.10. The standard InChI is InChI=1S/C14H20N2O2S/c1-10(2)18-9-5-8-13(17)16-12-7-4-3-6-11(12)14(15)19/h3-4,6-7,10H,5,8-9H2,1-2H3,(H2,15,19)(H,16,17). The zero-order valence-corrected chi connectivity index (χ0v) is 12.1. The molecular formula is C14H20N2O2S. The van der Waals surface area contributed by atoms with E-state index in [1.54, 1.807) is 12.1 Å². The van der Waals surface area contributed by atoms with Crippen LogP contribution in [-0.2, 0) is 9.53 Å². The molecular weight excluding hydrogens is 260 g/mol. The number of carbonyl (C=O) groups is 1. The van der Waals surface area contributed by atoms with Gasteiger partial charge in [0.1, 0.15) is 4.99 Å². The Labute approximate surface area is 119 Å². The van der Waals surface area contributed by atoms with Gasteiger partial charge >= 0.3 is 0 Å². The van der Waals surface area contributed by atoms with Crippen molar-refractivity contribution in [1.29, 1.82) is 0 Å². The van der Waals surface area contributed by atoms with Crippen LogP contribution in [0.5, 0.6) is 0 Å². The molecule has 1 aromatic rings. The molecule has 0 bridgehead atoms. The molecule has 0 heterocycles. The smallest absolute Gasteiger partial charge is 0.224 e. The van der Waals surface area contributed by atoms with Gasteiger partial charge in [-0.1, -0.05) is 24.4 Å². The number of nitrogens with one attached hydrogen (secondary N) is 1. The van der Waals surface area contributed by atoms with Crippen molar-refractivity contribution >= 4 is 28.8 Å². The molecule has 0 aliphatic rings. The van der Waals surface area contributed by atoms with Gasteiger partial charge in [-0.05, 0) is 32.4 Å². The van der Waals surface area contributed by atoms with Crippen molar-refractivity contribution in [3.63, 3.8) is 0 Å². The third-order valence-corrected chi connectivity index (χ3v) is 2.69. The van der Waals surface area contributed by atoms with E-state index in [2.05, 4.69) is 5.32 Å². The fraction of sp³-hybridized carbons (Fsp3) is 0.429. The molecule has 5 heteroatoms. The average molecular weight is 280 g/mol. The van der Waals surface area contributed by atoms with Gasteiger partial charge < -0.3 is 15.8 Å². The molecule has 0 fully saturated rings. The van der Waals surface area contributed by atoms with E-state index in [1.165, 1.54) is 0 Å². The summed E-state index contributed by atoms with van der Waals surface area (Å²) in [6.07, 6.45) is 1.30. The summed E-state index contributed by atoms with van der Waals surface area (Å²) in [4.78, 5) is 12.1. The first kappa shape index (κ1) is 15.6. The second kappa shape index (κ2) is 7.86.